The van der Waals surface area contributed by atoms with Gasteiger partial charge in [0.2, 0.25) is 0 Å². The summed E-state index contributed by atoms with van der Waals surface area (Å²) in [6.45, 7) is 2.00. The molecule has 0 bridgehead atoms. The molecule has 3 heterocycles. The molecule has 1 aromatic heterocycles. The Bertz CT molecular complexity index is 538. The van der Waals surface area contributed by atoms with E-state index in [9.17, 15) is 4.21 Å². The van der Waals surface area contributed by atoms with Gasteiger partial charge in [0.15, 0.2) is 0 Å². The van der Waals surface area contributed by atoms with Crippen molar-refractivity contribution in [3.63, 3.8) is 0 Å². The highest BCUT2D eigenvalue weighted by molar-refractivity contribution is 7.85. The predicted octanol–water partition coefficient (Wildman–Crippen LogP) is 2.27. The smallest absolute Gasteiger partial charge is 0.112 e. The molecule has 0 atom stereocenters. The van der Waals surface area contributed by atoms with Crippen LogP contribution in [0.15, 0.2) is 0 Å². The van der Waals surface area contributed by atoms with Crippen LogP contribution in [0.2, 0.25) is 0 Å². The van der Waals surface area contributed by atoms with E-state index in [2.05, 4.69) is 9.88 Å². The second kappa shape index (κ2) is 5.84. The number of rotatable bonds is 2. The van der Waals surface area contributed by atoms with E-state index >= 15 is 0 Å². The number of nitrogens with zero attached hydrogens (tertiary/aromatic N) is 2. The fourth-order valence-electron chi connectivity index (χ4n) is 4.27. The Kier molecular flexibility index (Phi) is 3.88. The zero-order chi connectivity index (χ0) is 14.2. The number of hydrogen-bond acceptors (Lipinski definition) is 3. The van der Waals surface area contributed by atoms with E-state index in [1.165, 1.54) is 42.9 Å². The third-order valence-electron chi connectivity index (χ3n) is 5.39. The molecule has 0 radical (unpaired) electrons. The molecule has 3 aliphatic rings. The molecule has 1 aliphatic carbocycles. The summed E-state index contributed by atoms with van der Waals surface area (Å²) >= 11 is 0. The molecular weight excluding hydrogens is 282 g/mol. The second-order valence-electron chi connectivity index (χ2n) is 6.72. The van der Waals surface area contributed by atoms with Gasteiger partial charge in [0.25, 0.3) is 0 Å². The van der Waals surface area contributed by atoms with E-state index < -0.39 is 10.8 Å². The van der Waals surface area contributed by atoms with Gasteiger partial charge in [-0.1, -0.05) is 12.8 Å². The van der Waals surface area contributed by atoms with Gasteiger partial charge < -0.3 is 9.88 Å². The van der Waals surface area contributed by atoms with Gasteiger partial charge in [-0.25, -0.2) is 4.98 Å². The molecule has 1 aromatic rings. The van der Waals surface area contributed by atoms with E-state index in [4.69, 9.17) is 4.98 Å². The van der Waals surface area contributed by atoms with Gasteiger partial charge in [0.1, 0.15) is 5.82 Å². The minimum atomic E-state index is -0.579. The molecule has 0 unspecified atom stereocenters. The van der Waals surface area contributed by atoms with E-state index in [1.54, 1.807) is 0 Å². The van der Waals surface area contributed by atoms with Gasteiger partial charge in [0.05, 0.1) is 5.69 Å². The van der Waals surface area contributed by atoms with Crippen LogP contribution in [0.5, 0.6) is 0 Å². The Labute approximate surface area is 129 Å². The summed E-state index contributed by atoms with van der Waals surface area (Å²) < 4.78 is 14.3. The van der Waals surface area contributed by atoms with Crippen molar-refractivity contribution in [1.29, 1.82) is 0 Å². The number of imidazole rings is 1. The van der Waals surface area contributed by atoms with Crippen molar-refractivity contribution in [2.75, 3.05) is 18.1 Å². The normalized spacial score (nSPS) is 30.5. The molecule has 4 nitrogen and oxygen atoms in total. The third kappa shape index (κ3) is 2.59. The van der Waals surface area contributed by atoms with E-state index in [0.29, 0.717) is 12.0 Å². The lowest BCUT2D eigenvalue weighted by molar-refractivity contribution is 0.417. The summed E-state index contributed by atoms with van der Waals surface area (Å²) in [6.07, 6.45) is 8.58. The first-order valence-electron chi connectivity index (χ1n) is 8.48. The Morgan fingerprint density at radius 2 is 1.90 bits per heavy atom. The minimum absolute atomic E-state index is 0.549. The van der Waals surface area contributed by atoms with Gasteiger partial charge >= 0.3 is 0 Å². The van der Waals surface area contributed by atoms with Gasteiger partial charge in [-0.2, -0.15) is 0 Å². The summed E-state index contributed by atoms with van der Waals surface area (Å²) in [5.41, 5.74) is 2.77. The average Bonchev–Trinajstić information content (AvgIpc) is 3.15. The standard InChI is InChI=1S/C16H25N3OS/c20-21-9-6-13(7-10-21)19-15-5-8-17-11-14(15)18-16(19)12-3-1-2-4-12/h12-13,17H,1-11H2. The highest BCUT2D eigenvalue weighted by Gasteiger charge is 2.31. The zero-order valence-corrected chi connectivity index (χ0v) is 13.5. The molecule has 1 saturated carbocycles. The molecular formula is C16H25N3OS. The average molecular weight is 307 g/mol. The van der Waals surface area contributed by atoms with Crippen molar-refractivity contribution in [3.05, 3.63) is 17.2 Å². The maximum atomic E-state index is 11.7. The first-order chi connectivity index (χ1) is 10.3. The van der Waals surface area contributed by atoms with Gasteiger partial charge in [-0.05, 0) is 25.7 Å². The first kappa shape index (κ1) is 13.9. The molecule has 0 amide bonds. The lowest BCUT2D eigenvalue weighted by atomic mass is 10.0. The molecule has 4 rings (SSSR count). The molecule has 0 aromatic carbocycles. The first-order valence-corrected chi connectivity index (χ1v) is 9.97. The van der Waals surface area contributed by atoms with E-state index in [1.807, 2.05) is 0 Å². The van der Waals surface area contributed by atoms with Gasteiger partial charge in [-0.15, -0.1) is 0 Å². The van der Waals surface area contributed by atoms with Crippen LogP contribution in [-0.2, 0) is 23.8 Å². The summed E-state index contributed by atoms with van der Waals surface area (Å²) in [7, 11) is -0.579. The van der Waals surface area contributed by atoms with E-state index in [-0.39, 0.29) is 0 Å². The molecule has 0 spiro atoms. The van der Waals surface area contributed by atoms with Crippen molar-refractivity contribution in [1.82, 2.24) is 14.9 Å². The van der Waals surface area contributed by atoms with Crippen LogP contribution < -0.4 is 5.32 Å². The maximum absolute atomic E-state index is 11.7. The molecule has 116 valence electrons. The Morgan fingerprint density at radius 3 is 2.67 bits per heavy atom. The molecule has 5 heteroatoms. The fourth-order valence-corrected chi connectivity index (χ4v) is 5.55. The van der Waals surface area contributed by atoms with Crippen LogP contribution >= 0.6 is 0 Å². The number of fused-ring (bicyclic) bond motifs is 1. The minimum Gasteiger partial charge on any atom is -0.328 e. The Balaban J connectivity index is 1.71. The van der Waals surface area contributed by atoms with Crippen molar-refractivity contribution in [2.24, 2.45) is 0 Å². The summed E-state index contributed by atoms with van der Waals surface area (Å²) in [6, 6.07) is 0.549. The van der Waals surface area contributed by atoms with Crippen LogP contribution in [0.25, 0.3) is 0 Å². The van der Waals surface area contributed by atoms with E-state index in [0.717, 1.165) is 43.9 Å². The monoisotopic (exact) mass is 307 g/mol. The molecule has 1 saturated heterocycles. The van der Waals surface area contributed by atoms with Crippen molar-refractivity contribution < 1.29 is 4.21 Å². The highest BCUT2D eigenvalue weighted by Crippen LogP contribution is 2.38. The van der Waals surface area contributed by atoms with Crippen LogP contribution in [0.4, 0.5) is 0 Å². The maximum Gasteiger partial charge on any atom is 0.112 e. The molecule has 2 aliphatic heterocycles. The molecule has 21 heavy (non-hydrogen) atoms. The van der Waals surface area contributed by atoms with Crippen LogP contribution in [0.3, 0.4) is 0 Å². The quantitative estimate of drug-likeness (QED) is 0.912. The summed E-state index contributed by atoms with van der Waals surface area (Å²) in [5, 5.41) is 3.46. The second-order valence-corrected chi connectivity index (χ2v) is 8.42. The predicted molar refractivity (Wildman–Crippen MR) is 85.0 cm³/mol. The van der Waals surface area contributed by atoms with Crippen LogP contribution in [-0.4, -0.2) is 31.8 Å². The van der Waals surface area contributed by atoms with Crippen molar-refractivity contribution in [3.8, 4) is 0 Å². The lowest BCUT2D eigenvalue weighted by Crippen LogP contribution is -2.29. The van der Waals surface area contributed by atoms with Crippen LogP contribution in [0.1, 0.15) is 67.7 Å². The lowest BCUT2D eigenvalue weighted by Gasteiger charge is -2.28. The summed E-state index contributed by atoms with van der Waals surface area (Å²) in [5.74, 6) is 3.78. The summed E-state index contributed by atoms with van der Waals surface area (Å²) in [4.78, 5) is 5.05. The highest BCUT2D eigenvalue weighted by atomic mass is 32.2. The topological polar surface area (TPSA) is 46.9 Å². The Hall–Kier alpha value is -0.680. The van der Waals surface area contributed by atoms with Crippen molar-refractivity contribution >= 4 is 10.8 Å². The molecule has 1 N–H and O–H groups in total. The number of nitrogens with one attached hydrogen (secondary N) is 1. The zero-order valence-electron chi connectivity index (χ0n) is 12.6. The SMILES string of the molecule is O=S1CCC(n2c(C3CCCC3)nc3c2CCNC3)CC1. The largest absolute Gasteiger partial charge is 0.328 e. The third-order valence-corrected chi connectivity index (χ3v) is 6.78. The Morgan fingerprint density at radius 1 is 1.14 bits per heavy atom. The molecule has 2 fully saturated rings. The van der Waals surface area contributed by atoms with Crippen LogP contribution in [0, 0.1) is 0 Å². The van der Waals surface area contributed by atoms with Gasteiger partial charge in [0, 0.05) is 59.5 Å². The number of hydrogen-bond donors (Lipinski definition) is 1. The van der Waals surface area contributed by atoms with Gasteiger partial charge in [-0.3, -0.25) is 4.21 Å². The fraction of sp³-hybridized carbons (Fsp3) is 0.812. The number of aromatic nitrogens is 2. The van der Waals surface area contributed by atoms with Crippen molar-refractivity contribution in [2.45, 2.75) is 63.5 Å².